The summed E-state index contributed by atoms with van der Waals surface area (Å²) in [6.07, 6.45) is 0. The predicted molar refractivity (Wildman–Crippen MR) is 190 cm³/mol. The molecule has 0 fully saturated rings. The van der Waals surface area contributed by atoms with E-state index in [2.05, 4.69) is 24.3 Å². The number of aryl methyl sites for hydroxylation is 2. The van der Waals surface area contributed by atoms with E-state index in [1.807, 2.05) is 62.4 Å². The van der Waals surface area contributed by atoms with Gasteiger partial charge in [0, 0.05) is 42.4 Å². The van der Waals surface area contributed by atoms with Gasteiger partial charge in [-0.25, -0.2) is 9.97 Å². The molecule has 0 aliphatic carbocycles. The third kappa shape index (κ3) is 2.70. The summed E-state index contributed by atoms with van der Waals surface area (Å²) < 4.78 is 3.38. The van der Waals surface area contributed by atoms with Crippen LogP contribution >= 0.6 is 23.2 Å². The molecule has 7 aromatic carbocycles. The van der Waals surface area contributed by atoms with Gasteiger partial charge in [0.2, 0.25) is 0 Å². The van der Waals surface area contributed by atoms with Crippen molar-refractivity contribution in [1.82, 2.24) is 18.8 Å². The van der Waals surface area contributed by atoms with E-state index in [1.165, 1.54) is 0 Å². The van der Waals surface area contributed by atoms with Crippen LogP contribution in [-0.4, -0.2) is 18.8 Å². The molecule has 6 nitrogen and oxygen atoms in total. The molecule has 0 aliphatic heterocycles. The largest absolute Gasteiger partial charge is 0.268 e. The molecule has 4 heterocycles. The van der Waals surface area contributed by atoms with Gasteiger partial charge in [0.05, 0.1) is 22.1 Å². The van der Waals surface area contributed by atoms with Crippen LogP contribution in [-0.2, 0) is 0 Å². The van der Waals surface area contributed by atoms with Crippen molar-refractivity contribution < 1.29 is 0 Å². The smallest absolute Gasteiger partial charge is 0.264 e. The fourth-order valence-electron chi connectivity index (χ4n) is 8.04. The van der Waals surface area contributed by atoms with Gasteiger partial charge in [-0.1, -0.05) is 47.5 Å². The highest BCUT2D eigenvalue weighted by molar-refractivity contribution is 6.41. The molecule has 0 atom stereocenters. The second kappa shape index (κ2) is 7.91. The van der Waals surface area contributed by atoms with Gasteiger partial charge in [0.25, 0.3) is 11.1 Å². The van der Waals surface area contributed by atoms with E-state index in [4.69, 9.17) is 33.2 Å². The van der Waals surface area contributed by atoms with Crippen LogP contribution in [0.25, 0.3) is 98.0 Å². The van der Waals surface area contributed by atoms with Crippen LogP contribution in [0.15, 0.2) is 82.4 Å². The second-order valence-electron chi connectivity index (χ2n) is 12.5. The first-order valence-corrected chi connectivity index (χ1v) is 15.7. The van der Waals surface area contributed by atoms with E-state index in [0.29, 0.717) is 43.1 Å². The van der Waals surface area contributed by atoms with Crippen LogP contribution in [0.2, 0.25) is 10.0 Å². The predicted octanol–water partition coefficient (Wildman–Crippen LogP) is 9.17. The van der Waals surface area contributed by atoms with Gasteiger partial charge >= 0.3 is 0 Å². The Morgan fingerprint density at radius 3 is 1.20 bits per heavy atom. The molecule has 46 heavy (non-hydrogen) atoms. The van der Waals surface area contributed by atoms with E-state index in [1.54, 1.807) is 8.80 Å². The van der Waals surface area contributed by atoms with Crippen LogP contribution in [0.4, 0.5) is 0 Å². The summed E-state index contributed by atoms with van der Waals surface area (Å²) in [6, 6.07) is 23.9. The maximum Gasteiger partial charge on any atom is 0.264 e. The molecule has 8 heteroatoms. The van der Waals surface area contributed by atoms with Gasteiger partial charge in [-0.2, -0.15) is 0 Å². The Morgan fingerprint density at radius 1 is 0.478 bits per heavy atom. The van der Waals surface area contributed by atoms with Gasteiger partial charge in [0.15, 0.2) is 0 Å². The molecule has 0 saturated carbocycles. The Hall–Kier alpha value is -5.30. The lowest BCUT2D eigenvalue weighted by atomic mass is 9.86. The average molecular weight is 633 g/mol. The normalized spacial score (nSPS) is 13.0. The molecule has 0 saturated heterocycles. The average Bonchev–Trinajstić information content (AvgIpc) is 3.60. The molecular formula is C38H18Cl2N4O2. The fraction of sp³-hybridized carbons (Fsp3) is 0.0526. The third-order valence-corrected chi connectivity index (χ3v) is 10.9. The van der Waals surface area contributed by atoms with Crippen molar-refractivity contribution in [1.29, 1.82) is 0 Å². The highest BCUT2D eigenvalue weighted by atomic mass is 35.5. The summed E-state index contributed by atoms with van der Waals surface area (Å²) in [5, 5.41) is 12.2. The molecule has 0 aliphatic rings. The van der Waals surface area contributed by atoms with Crippen LogP contribution in [0, 0.1) is 13.8 Å². The molecule has 11 aromatic rings. The zero-order valence-electron chi connectivity index (χ0n) is 24.3. The number of rotatable bonds is 0. The number of imidazole rings is 2. The zero-order chi connectivity index (χ0) is 30.9. The Bertz CT molecular complexity index is 3100. The number of aromatic nitrogens is 4. The monoisotopic (exact) mass is 632 g/mol. The van der Waals surface area contributed by atoms with Gasteiger partial charge in [-0.05, 0) is 106 Å². The quantitative estimate of drug-likeness (QED) is 0.123. The van der Waals surface area contributed by atoms with E-state index in [9.17, 15) is 9.59 Å². The van der Waals surface area contributed by atoms with Crippen LogP contribution < -0.4 is 11.1 Å². The third-order valence-electron chi connectivity index (χ3n) is 10.1. The first-order chi connectivity index (χ1) is 22.3. The summed E-state index contributed by atoms with van der Waals surface area (Å²) in [6.45, 7) is 3.88. The number of hydrogen-bond acceptors (Lipinski definition) is 4. The zero-order valence-corrected chi connectivity index (χ0v) is 25.8. The molecule has 0 amide bonds. The topological polar surface area (TPSA) is 68.7 Å². The van der Waals surface area contributed by atoms with Gasteiger partial charge in [-0.3, -0.25) is 18.4 Å². The lowest BCUT2D eigenvalue weighted by Gasteiger charge is -2.18. The van der Waals surface area contributed by atoms with Crippen LogP contribution in [0.3, 0.4) is 0 Å². The Balaban J connectivity index is 1.35. The SMILES string of the molecule is Cc1cc2nc3c4ccc5c6ccc7c8c(ccc(c9ccc(c(=O)n3c2cc1Cl)c4c95)c68)c(=O)n1c2cc(Cl)c(C)cc2nc71. The number of hydrogen-bond donors (Lipinski definition) is 0. The Labute approximate surface area is 267 Å². The van der Waals surface area contributed by atoms with Gasteiger partial charge in [-0.15, -0.1) is 0 Å². The van der Waals surface area contributed by atoms with Gasteiger partial charge in [0.1, 0.15) is 11.3 Å². The molecule has 4 aromatic heterocycles. The summed E-state index contributed by atoms with van der Waals surface area (Å²) in [7, 11) is 0. The minimum absolute atomic E-state index is 0.121. The van der Waals surface area contributed by atoms with E-state index >= 15 is 0 Å². The number of halogens is 2. The summed E-state index contributed by atoms with van der Waals surface area (Å²) in [4.78, 5) is 38.2. The van der Waals surface area contributed by atoms with Crippen molar-refractivity contribution in [3.8, 4) is 0 Å². The van der Waals surface area contributed by atoms with E-state index in [-0.39, 0.29) is 11.1 Å². The summed E-state index contributed by atoms with van der Waals surface area (Å²) >= 11 is 13.0. The molecule has 11 rings (SSSR count). The molecule has 0 spiro atoms. The minimum Gasteiger partial charge on any atom is -0.268 e. The number of nitrogens with zero attached hydrogens (tertiary/aromatic N) is 4. The van der Waals surface area contributed by atoms with Crippen LogP contribution in [0.5, 0.6) is 0 Å². The minimum atomic E-state index is -0.121. The highest BCUT2D eigenvalue weighted by Gasteiger charge is 2.24. The van der Waals surface area contributed by atoms with E-state index in [0.717, 1.165) is 76.0 Å². The lowest BCUT2D eigenvalue weighted by molar-refractivity contribution is 1.19. The first kappa shape index (κ1) is 25.0. The Morgan fingerprint density at radius 2 is 0.804 bits per heavy atom. The van der Waals surface area contributed by atoms with Crippen LogP contribution in [0.1, 0.15) is 11.1 Å². The summed E-state index contributed by atoms with van der Waals surface area (Å²) in [5.74, 6) is 0. The fourth-order valence-corrected chi connectivity index (χ4v) is 8.35. The molecule has 0 N–H and O–H groups in total. The number of pyridine rings is 2. The highest BCUT2D eigenvalue weighted by Crippen LogP contribution is 2.46. The van der Waals surface area contributed by atoms with Gasteiger partial charge < -0.3 is 0 Å². The van der Waals surface area contributed by atoms with Crippen molar-refractivity contribution in [3.05, 3.63) is 115 Å². The van der Waals surface area contributed by atoms with Crippen molar-refractivity contribution in [2.45, 2.75) is 13.8 Å². The Kier molecular flexibility index (Phi) is 4.29. The summed E-state index contributed by atoms with van der Waals surface area (Å²) in [5.41, 5.74) is 5.70. The second-order valence-corrected chi connectivity index (χ2v) is 13.3. The standard InChI is InChI=1S/C38H18Cl2N4O2/c1-15-11-27-29(13-25(15)39)43-35(41-27)21-7-3-17-18-4-8-22-34-24(38(46)44-30-14-26(40)16(2)12-28(30)42-36(22)44)10-6-20(32(18)34)19-5-9-23(37(43)45)33(21)31(17)19/h3-14H,1-2H3. The lowest BCUT2D eigenvalue weighted by Crippen LogP contribution is -2.14. The molecule has 0 radical (unpaired) electrons. The van der Waals surface area contributed by atoms with Crippen molar-refractivity contribution >= 4 is 121 Å². The first-order valence-electron chi connectivity index (χ1n) is 15.0. The van der Waals surface area contributed by atoms with E-state index < -0.39 is 0 Å². The molecule has 0 bridgehead atoms. The molecule has 216 valence electrons. The maximum absolute atomic E-state index is 14.2. The maximum atomic E-state index is 14.2. The van der Waals surface area contributed by atoms with Crippen molar-refractivity contribution in [3.63, 3.8) is 0 Å². The molecule has 0 unspecified atom stereocenters. The molecular weight excluding hydrogens is 615 g/mol. The number of benzene rings is 7. The number of fused-ring (bicyclic) bond motifs is 10. The van der Waals surface area contributed by atoms with Crippen molar-refractivity contribution in [2.24, 2.45) is 0 Å². The van der Waals surface area contributed by atoms with Crippen molar-refractivity contribution in [2.75, 3.05) is 0 Å².